The summed E-state index contributed by atoms with van der Waals surface area (Å²) < 4.78 is 4.97. The Hall–Kier alpha value is -0.750. The van der Waals surface area contributed by atoms with Crippen LogP contribution in [0.2, 0.25) is 0 Å². The summed E-state index contributed by atoms with van der Waals surface area (Å²) in [6.45, 7) is 1.90. The largest absolute Gasteiger partial charge is 0.507 e. The first kappa shape index (κ1) is 15.3. The number of phenolic OH excluding ortho intramolecular Hbond substituents is 1. The Morgan fingerprint density at radius 2 is 2.06 bits per heavy atom. The zero-order chi connectivity index (χ0) is 13.8. The molecule has 1 aromatic carbocycles. The molecule has 1 aromatic rings. The quantitative estimate of drug-likeness (QED) is 0.772. The molecule has 0 saturated heterocycles. The first-order valence-electron chi connectivity index (χ1n) is 5.27. The number of methoxy groups -OCH3 is 1. The number of benzene rings is 1. The molecule has 0 heterocycles. The third kappa shape index (κ3) is 3.62. The van der Waals surface area contributed by atoms with Gasteiger partial charge in [-0.05, 0) is 19.1 Å². The number of hydrogen-bond acceptors (Lipinski definition) is 3. The average molecular weight is 381 g/mol. The molecule has 100 valence electrons. The Kier molecular flexibility index (Phi) is 5.47. The summed E-state index contributed by atoms with van der Waals surface area (Å²) in [5.41, 5.74) is -0.187. The second kappa shape index (κ2) is 6.43. The van der Waals surface area contributed by atoms with Crippen LogP contribution >= 0.6 is 31.9 Å². The van der Waals surface area contributed by atoms with E-state index in [1.165, 1.54) is 19.2 Å². The standard InChI is InChI=1S/C12H15Br2NO3/c1-12(6-13,7-14)15-11(17)9-4-3-8(18-2)5-10(9)16/h3-5,16H,6-7H2,1-2H3,(H,15,17). The van der Waals surface area contributed by atoms with Gasteiger partial charge in [-0.15, -0.1) is 0 Å². The number of alkyl halides is 2. The van der Waals surface area contributed by atoms with Crippen molar-refractivity contribution in [1.82, 2.24) is 5.32 Å². The second-order valence-corrected chi connectivity index (χ2v) is 5.29. The highest BCUT2D eigenvalue weighted by Gasteiger charge is 2.25. The molecule has 0 radical (unpaired) electrons. The molecule has 0 spiro atoms. The highest BCUT2D eigenvalue weighted by molar-refractivity contribution is 9.09. The van der Waals surface area contributed by atoms with Crippen molar-refractivity contribution in [3.63, 3.8) is 0 Å². The molecular weight excluding hydrogens is 366 g/mol. The Balaban J connectivity index is 2.91. The molecule has 0 unspecified atom stereocenters. The van der Waals surface area contributed by atoms with Crippen LogP contribution in [-0.2, 0) is 0 Å². The van der Waals surface area contributed by atoms with Crippen LogP contribution < -0.4 is 10.1 Å². The van der Waals surface area contributed by atoms with Crippen molar-refractivity contribution in [2.24, 2.45) is 0 Å². The molecule has 0 atom stereocenters. The van der Waals surface area contributed by atoms with Crippen LogP contribution in [0.3, 0.4) is 0 Å². The lowest BCUT2D eigenvalue weighted by atomic mass is 10.1. The van der Waals surface area contributed by atoms with Crippen LogP contribution in [0.4, 0.5) is 0 Å². The van der Waals surface area contributed by atoms with Gasteiger partial charge in [-0.3, -0.25) is 4.79 Å². The van der Waals surface area contributed by atoms with Crippen LogP contribution in [-0.4, -0.2) is 34.3 Å². The van der Waals surface area contributed by atoms with E-state index in [2.05, 4.69) is 37.2 Å². The first-order valence-corrected chi connectivity index (χ1v) is 7.51. The third-order valence-electron chi connectivity index (χ3n) is 2.45. The summed E-state index contributed by atoms with van der Waals surface area (Å²) in [6.07, 6.45) is 0. The average Bonchev–Trinajstić information content (AvgIpc) is 2.38. The molecule has 0 aliphatic heterocycles. The number of carbonyl (C=O) groups is 1. The van der Waals surface area contributed by atoms with E-state index in [1.807, 2.05) is 6.92 Å². The number of ether oxygens (including phenoxy) is 1. The van der Waals surface area contributed by atoms with Crippen LogP contribution in [0.25, 0.3) is 0 Å². The van der Waals surface area contributed by atoms with E-state index in [9.17, 15) is 9.90 Å². The highest BCUT2D eigenvalue weighted by Crippen LogP contribution is 2.24. The Morgan fingerprint density at radius 1 is 1.44 bits per heavy atom. The van der Waals surface area contributed by atoms with E-state index in [4.69, 9.17) is 4.74 Å². The monoisotopic (exact) mass is 379 g/mol. The van der Waals surface area contributed by atoms with Crippen molar-refractivity contribution < 1.29 is 14.6 Å². The van der Waals surface area contributed by atoms with E-state index < -0.39 is 5.54 Å². The van der Waals surface area contributed by atoms with Crippen molar-refractivity contribution in [3.8, 4) is 11.5 Å². The van der Waals surface area contributed by atoms with Crippen LogP contribution in [0.15, 0.2) is 18.2 Å². The smallest absolute Gasteiger partial charge is 0.255 e. The predicted octanol–water partition coefficient (Wildman–Crippen LogP) is 2.68. The topological polar surface area (TPSA) is 58.6 Å². The minimum atomic E-state index is -0.413. The predicted molar refractivity (Wildman–Crippen MR) is 78.1 cm³/mol. The molecule has 0 aromatic heterocycles. The van der Waals surface area contributed by atoms with E-state index in [0.29, 0.717) is 16.4 Å². The minimum absolute atomic E-state index is 0.0988. The summed E-state index contributed by atoms with van der Waals surface area (Å²) in [4.78, 5) is 12.0. The maximum Gasteiger partial charge on any atom is 0.255 e. The second-order valence-electron chi connectivity index (χ2n) is 4.17. The van der Waals surface area contributed by atoms with E-state index in [-0.39, 0.29) is 17.2 Å². The van der Waals surface area contributed by atoms with Gasteiger partial charge in [0.1, 0.15) is 11.5 Å². The van der Waals surface area contributed by atoms with Crippen LogP contribution in [0.5, 0.6) is 11.5 Å². The molecular formula is C12H15Br2NO3. The third-order valence-corrected chi connectivity index (χ3v) is 4.93. The SMILES string of the molecule is COc1ccc(C(=O)NC(C)(CBr)CBr)c(O)c1. The zero-order valence-corrected chi connectivity index (χ0v) is 13.3. The summed E-state index contributed by atoms with van der Waals surface area (Å²) in [5.74, 6) is 0.0858. The van der Waals surface area contributed by atoms with Gasteiger partial charge in [0, 0.05) is 16.7 Å². The molecule has 6 heteroatoms. The lowest BCUT2D eigenvalue weighted by Gasteiger charge is -2.26. The molecule has 0 fully saturated rings. The number of nitrogens with one attached hydrogen (secondary N) is 1. The molecule has 18 heavy (non-hydrogen) atoms. The normalized spacial score (nSPS) is 11.1. The van der Waals surface area contributed by atoms with E-state index in [1.54, 1.807) is 6.07 Å². The van der Waals surface area contributed by atoms with Crippen LogP contribution in [0, 0.1) is 0 Å². The Morgan fingerprint density at radius 3 is 2.50 bits per heavy atom. The molecule has 0 bridgehead atoms. The fourth-order valence-corrected chi connectivity index (χ4v) is 2.48. The lowest BCUT2D eigenvalue weighted by molar-refractivity contribution is 0.0920. The molecule has 1 amide bonds. The van der Waals surface area contributed by atoms with E-state index >= 15 is 0 Å². The number of halogens is 2. The highest BCUT2D eigenvalue weighted by atomic mass is 79.9. The van der Waals surface area contributed by atoms with Crippen molar-refractivity contribution in [2.45, 2.75) is 12.5 Å². The molecule has 1 rings (SSSR count). The van der Waals surface area contributed by atoms with Gasteiger partial charge >= 0.3 is 0 Å². The number of carbonyl (C=O) groups excluding carboxylic acids is 1. The summed E-state index contributed by atoms with van der Waals surface area (Å²) in [6, 6.07) is 4.58. The maximum atomic E-state index is 12.0. The molecule has 0 aliphatic rings. The van der Waals surface area contributed by atoms with Gasteiger partial charge in [0.25, 0.3) is 5.91 Å². The zero-order valence-electron chi connectivity index (χ0n) is 10.2. The van der Waals surface area contributed by atoms with Gasteiger partial charge < -0.3 is 15.2 Å². The summed E-state index contributed by atoms with van der Waals surface area (Å²) in [7, 11) is 1.50. The fraction of sp³-hybridized carbons (Fsp3) is 0.417. The van der Waals surface area contributed by atoms with Gasteiger partial charge in [-0.2, -0.15) is 0 Å². The molecule has 4 nitrogen and oxygen atoms in total. The van der Waals surface area contributed by atoms with Gasteiger partial charge in [0.15, 0.2) is 0 Å². The molecule has 2 N–H and O–H groups in total. The lowest BCUT2D eigenvalue weighted by Crippen LogP contribution is -2.48. The Labute approximate surface area is 123 Å². The number of amides is 1. The van der Waals surface area contributed by atoms with Crippen molar-refractivity contribution >= 4 is 37.8 Å². The number of phenols is 1. The van der Waals surface area contributed by atoms with Gasteiger partial charge in [0.05, 0.1) is 18.2 Å². The molecule has 0 saturated carbocycles. The van der Waals surface area contributed by atoms with E-state index in [0.717, 1.165) is 0 Å². The minimum Gasteiger partial charge on any atom is -0.507 e. The number of hydrogen-bond donors (Lipinski definition) is 2. The summed E-state index contributed by atoms with van der Waals surface area (Å²) >= 11 is 6.69. The summed E-state index contributed by atoms with van der Waals surface area (Å²) in [5, 5.41) is 13.8. The van der Waals surface area contributed by atoms with Gasteiger partial charge in [0.2, 0.25) is 0 Å². The van der Waals surface area contributed by atoms with Crippen molar-refractivity contribution in [1.29, 1.82) is 0 Å². The molecule has 0 aliphatic carbocycles. The van der Waals surface area contributed by atoms with Gasteiger partial charge in [-0.1, -0.05) is 31.9 Å². The maximum absolute atomic E-state index is 12.0. The van der Waals surface area contributed by atoms with Gasteiger partial charge in [-0.25, -0.2) is 0 Å². The van der Waals surface area contributed by atoms with Crippen molar-refractivity contribution in [2.75, 3.05) is 17.8 Å². The van der Waals surface area contributed by atoms with Crippen LogP contribution in [0.1, 0.15) is 17.3 Å². The Bertz CT molecular complexity index is 433. The number of rotatable bonds is 5. The first-order chi connectivity index (χ1) is 8.45. The van der Waals surface area contributed by atoms with Crippen molar-refractivity contribution in [3.05, 3.63) is 23.8 Å². The number of aromatic hydroxyl groups is 1. The fourth-order valence-electron chi connectivity index (χ4n) is 1.27.